The first-order valence-corrected chi connectivity index (χ1v) is 7.50. The molecule has 23 heavy (non-hydrogen) atoms. The molecular formula is C20H15NO2. The third-order valence-corrected chi connectivity index (χ3v) is 4.13. The second-order valence-corrected chi connectivity index (χ2v) is 5.63. The van der Waals surface area contributed by atoms with E-state index in [0.717, 1.165) is 23.1 Å². The number of ether oxygens (including phenoxy) is 1. The number of esters is 1. The Labute approximate surface area is 134 Å². The maximum atomic E-state index is 12.6. The quantitative estimate of drug-likeness (QED) is 0.345. The Morgan fingerprint density at radius 1 is 0.870 bits per heavy atom. The molecule has 0 fully saturated rings. The van der Waals surface area contributed by atoms with Crippen LogP contribution in [0.1, 0.15) is 21.5 Å². The number of carbonyl (C=O) groups excluding carboxylic acids is 1. The Kier molecular flexibility index (Phi) is 3.12. The molecule has 0 aliphatic heterocycles. The SMILES string of the molecule is Nc1ccc(OC(=O)c2cccc3c2-c2ccccc2C3)cc1. The van der Waals surface area contributed by atoms with Gasteiger partial charge in [-0.3, -0.25) is 0 Å². The number of nitrogen functional groups attached to an aromatic ring is 1. The molecular weight excluding hydrogens is 286 g/mol. The van der Waals surface area contributed by atoms with E-state index in [-0.39, 0.29) is 5.97 Å². The van der Waals surface area contributed by atoms with E-state index < -0.39 is 0 Å². The summed E-state index contributed by atoms with van der Waals surface area (Å²) >= 11 is 0. The van der Waals surface area contributed by atoms with Crippen molar-refractivity contribution in [2.75, 3.05) is 5.73 Å². The summed E-state index contributed by atoms with van der Waals surface area (Å²) in [5.74, 6) is 0.149. The van der Waals surface area contributed by atoms with Crippen LogP contribution in [0.15, 0.2) is 66.7 Å². The van der Waals surface area contributed by atoms with E-state index in [9.17, 15) is 4.79 Å². The minimum Gasteiger partial charge on any atom is -0.423 e. The topological polar surface area (TPSA) is 52.3 Å². The molecule has 0 aromatic heterocycles. The van der Waals surface area contributed by atoms with Crippen LogP contribution < -0.4 is 10.5 Å². The van der Waals surface area contributed by atoms with Crippen molar-refractivity contribution >= 4 is 11.7 Å². The van der Waals surface area contributed by atoms with Gasteiger partial charge in [0, 0.05) is 11.3 Å². The van der Waals surface area contributed by atoms with Gasteiger partial charge in [-0.15, -0.1) is 0 Å². The fourth-order valence-electron chi connectivity index (χ4n) is 3.06. The normalized spacial score (nSPS) is 11.7. The minimum absolute atomic E-state index is 0.344. The van der Waals surface area contributed by atoms with Crippen molar-refractivity contribution in [3.8, 4) is 16.9 Å². The second kappa shape index (κ2) is 5.29. The molecule has 3 aromatic carbocycles. The Balaban J connectivity index is 1.73. The van der Waals surface area contributed by atoms with Crippen molar-refractivity contribution in [2.24, 2.45) is 0 Å². The van der Waals surface area contributed by atoms with E-state index in [1.165, 1.54) is 5.56 Å². The Hall–Kier alpha value is -3.07. The molecule has 0 unspecified atom stereocenters. The van der Waals surface area contributed by atoms with Gasteiger partial charge < -0.3 is 10.5 Å². The van der Waals surface area contributed by atoms with E-state index in [2.05, 4.69) is 18.2 Å². The molecule has 112 valence electrons. The first-order chi connectivity index (χ1) is 11.2. The molecule has 0 heterocycles. The lowest BCUT2D eigenvalue weighted by Crippen LogP contribution is -2.10. The highest BCUT2D eigenvalue weighted by Gasteiger charge is 2.24. The summed E-state index contributed by atoms with van der Waals surface area (Å²) in [7, 11) is 0. The van der Waals surface area contributed by atoms with Crippen LogP contribution in [0.5, 0.6) is 5.75 Å². The molecule has 4 rings (SSSR count). The molecule has 3 aromatic rings. The molecule has 0 amide bonds. The van der Waals surface area contributed by atoms with Crippen molar-refractivity contribution in [3.63, 3.8) is 0 Å². The maximum Gasteiger partial charge on any atom is 0.344 e. The Bertz CT molecular complexity index is 898. The maximum absolute atomic E-state index is 12.6. The average molecular weight is 301 g/mol. The first-order valence-electron chi connectivity index (χ1n) is 7.50. The van der Waals surface area contributed by atoms with Gasteiger partial charge in [0.05, 0.1) is 5.56 Å². The largest absolute Gasteiger partial charge is 0.423 e. The van der Waals surface area contributed by atoms with E-state index in [4.69, 9.17) is 10.5 Å². The molecule has 0 radical (unpaired) electrons. The standard InChI is InChI=1S/C20H15NO2/c21-15-8-10-16(11-9-15)23-20(22)18-7-3-5-14-12-13-4-1-2-6-17(13)19(14)18/h1-11H,12,21H2. The highest BCUT2D eigenvalue weighted by Crippen LogP contribution is 2.39. The van der Waals surface area contributed by atoms with Crippen LogP contribution in [0.4, 0.5) is 5.69 Å². The zero-order chi connectivity index (χ0) is 15.8. The van der Waals surface area contributed by atoms with Gasteiger partial charge in [0.1, 0.15) is 5.75 Å². The summed E-state index contributed by atoms with van der Waals surface area (Å²) in [6, 6.07) is 20.8. The van der Waals surface area contributed by atoms with Gasteiger partial charge in [0.25, 0.3) is 0 Å². The smallest absolute Gasteiger partial charge is 0.344 e. The summed E-state index contributed by atoms with van der Waals surface area (Å²) in [5.41, 5.74) is 11.4. The van der Waals surface area contributed by atoms with Crippen LogP contribution in [0.3, 0.4) is 0 Å². The van der Waals surface area contributed by atoms with Crippen molar-refractivity contribution in [1.29, 1.82) is 0 Å². The van der Waals surface area contributed by atoms with Gasteiger partial charge in [-0.1, -0.05) is 36.4 Å². The number of carbonyl (C=O) groups is 1. The molecule has 0 spiro atoms. The lowest BCUT2D eigenvalue weighted by atomic mass is 9.99. The third kappa shape index (κ3) is 2.36. The number of benzene rings is 3. The minimum atomic E-state index is -0.344. The molecule has 1 aliphatic rings. The molecule has 3 nitrogen and oxygen atoms in total. The molecule has 0 saturated heterocycles. The van der Waals surface area contributed by atoms with Crippen LogP contribution in [-0.4, -0.2) is 5.97 Å². The summed E-state index contributed by atoms with van der Waals surface area (Å²) in [5, 5.41) is 0. The van der Waals surface area contributed by atoms with Crippen LogP contribution >= 0.6 is 0 Å². The first kappa shape index (κ1) is 13.6. The fraction of sp³-hybridized carbons (Fsp3) is 0.0500. The van der Waals surface area contributed by atoms with Gasteiger partial charge >= 0.3 is 5.97 Å². The van der Waals surface area contributed by atoms with Gasteiger partial charge in [-0.05, 0) is 53.4 Å². The van der Waals surface area contributed by atoms with Crippen molar-refractivity contribution in [3.05, 3.63) is 83.4 Å². The lowest BCUT2D eigenvalue weighted by molar-refractivity contribution is 0.0735. The number of anilines is 1. The molecule has 2 N–H and O–H groups in total. The predicted molar refractivity (Wildman–Crippen MR) is 90.5 cm³/mol. The molecule has 0 saturated carbocycles. The number of fused-ring (bicyclic) bond motifs is 3. The summed E-state index contributed by atoms with van der Waals surface area (Å²) in [6.45, 7) is 0. The third-order valence-electron chi connectivity index (χ3n) is 4.13. The predicted octanol–water partition coefficient (Wildman–Crippen LogP) is 4.06. The average Bonchev–Trinajstić information content (AvgIpc) is 2.95. The Morgan fingerprint density at radius 3 is 2.43 bits per heavy atom. The molecule has 3 heteroatoms. The van der Waals surface area contributed by atoms with Gasteiger partial charge in [-0.25, -0.2) is 4.79 Å². The number of hydrogen-bond acceptors (Lipinski definition) is 3. The van der Waals surface area contributed by atoms with E-state index in [1.807, 2.05) is 24.3 Å². The van der Waals surface area contributed by atoms with E-state index in [0.29, 0.717) is 17.0 Å². The van der Waals surface area contributed by atoms with Crippen molar-refractivity contribution in [2.45, 2.75) is 6.42 Å². The summed E-state index contributed by atoms with van der Waals surface area (Å²) in [4.78, 5) is 12.6. The molecule has 1 aliphatic carbocycles. The van der Waals surface area contributed by atoms with Gasteiger partial charge in [-0.2, -0.15) is 0 Å². The Morgan fingerprint density at radius 2 is 1.61 bits per heavy atom. The van der Waals surface area contributed by atoms with Crippen molar-refractivity contribution in [1.82, 2.24) is 0 Å². The highest BCUT2D eigenvalue weighted by molar-refractivity contribution is 6.01. The zero-order valence-corrected chi connectivity index (χ0v) is 12.5. The zero-order valence-electron chi connectivity index (χ0n) is 12.5. The highest BCUT2D eigenvalue weighted by atomic mass is 16.5. The van der Waals surface area contributed by atoms with Crippen molar-refractivity contribution < 1.29 is 9.53 Å². The van der Waals surface area contributed by atoms with Crippen LogP contribution in [0.2, 0.25) is 0 Å². The van der Waals surface area contributed by atoms with Crippen LogP contribution in [-0.2, 0) is 6.42 Å². The number of nitrogens with two attached hydrogens (primary N) is 1. The number of hydrogen-bond donors (Lipinski definition) is 1. The van der Waals surface area contributed by atoms with Crippen LogP contribution in [0, 0.1) is 0 Å². The van der Waals surface area contributed by atoms with Crippen LogP contribution in [0.25, 0.3) is 11.1 Å². The van der Waals surface area contributed by atoms with E-state index in [1.54, 1.807) is 24.3 Å². The number of rotatable bonds is 2. The molecule has 0 bridgehead atoms. The monoisotopic (exact) mass is 301 g/mol. The van der Waals surface area contributed by atoms with E-state index >= 15 is 0 Å². The fourth-order valence-corrected chi connectivity index (χ4v) is 3.06. The van der Waals surface area contributed by atoms with Gasteiger partial charge in [0.15, 0.2) is 0 Å². The lowest BCUT2D eigenvalue weighted by Gasteiger charge is -2.09. The van der Waals surface area contributed by atoms with Gasteiger partial charge in [0.2, 0.25) is 0 Å². The molecule has 0 atom stereocenters. The summed E-state index contributed by atoms with van der Waals surface area (Å²) in [6.07, 6.45) is 0.856. The second-order valence-electron chi connectivity index (χ2n) is 5.63. The summed E-state index contributed by atoms with van der Waals surface area (Å²) < 4.78 is 5.50.